The summed E-state index contributed by atoms with van der Waals surface area (Å²) >= 11 is 0. The van der Waals surface area contributed by atoms with Crippen LogP contribution in [0.4, 0.5) is 0 Å². The van der Waals surface area contributed by atoms with Crippen LogP contribution >= 0.6 is 0 Å². The molecule has 1 rings (SSSR count). The molecule has 0 amide bonds. The van der Waals surface area contributed by atoms with E-state index in [4.69, 9.17) is 14.2 Å². The summed E-state index contributed by atoms with van der Waals surface area (Å²) in [5.74, 6) is -0.417. The number of hydrogen-bond acceptors (Lipinski definition) is 4. The lowest BCUT2D eigenvalue weighted by molar-refractivity contribution is -0.173. The maximum Gasteiger partial charge on any atom is 0.335 e. The zero-order valence-electron chi connectivity index (χ0n) is 8.67. The van der Waals surface area contributed by atoms with Crippen LogP contribution in [0.2, 0.25) is 0 Å². The van der Waals surface area contributed by atoms with E-state index in [0.29, 0.717) is 25.4 Å². The largest absolute Gasteiger partial charge is 0.435 e. The van der Waals surface area contributed by atoms with Crippen molar-refractivity contribution in [1.29, 1.82) is 0 Å². The fourth-order valence-corrected chi connectivity index (χ4v) is 1.04. The minimum absolute atomic E-state index is 0.0126. The van der Waals surface area contributed by atoms with Crippen LogP contribution < -0.4 is 0 Å². The first kappa shape index (κ1) is 11.2. The lowest BCUT2D eigenvalue weighted by Gasteiger charge is -2.37. The number of esters is 1. The van der Waals surface area contributed by atoms with Crippen LogP contribution in [0.3, 0.4) is 0 Å². The molecule has 0 bridgehead atoms. The van der Waals surface area contributed by atoms with Gasteiger partial charge in [0.2, 0.25) is 0 Å². The number of ether oxygens (including phenoxy) is 3. The Balaban J connectivity index is 2.04. The van der Waals surface area contributed by atoms with Crippen molar-refractivity contribution in [3.8, 4) is 0 Å². The van der Waals surface area contributed by atoms with Crippen molar-refractivity contribution in [1.82, 2.24) is 0 Å². The summed E-state index contributed by atoms with van der Waals surface area (Å²) in [4.78, 5) is 10.9. The van der Waals surface area contributed by atoms with E-state index in [-0.39, 0.29) is 12.2 Å². The normalized spacial score (nSPS) is 18.4. The van der Waals surface area contributed by atoms with Crippen LogP contribution in [-0.2, 0) is 19.0 Å². The molecule has 0 aromatic carbocycles. The van der Waals surface area contributed by atoms with E-state index in [1.807, 2.05) is 0 Å². The van der Waals surface area contributed by atoms with E-state index in [0.717, 1.165) is 0 Å². The zero-order chi connectivity index (χ0) is 10.6. The average Bonchev–Trinajstić information content (AvgIpc) is 2.09. The molecule has 0 atom stereocenters. The summed E-state index contributed by atoms with van der Waals surface area (Å²) < 4.78 is 15.0. The molecule has 0 saturated carbocycles. The van der Waals surface area contributed by atoms with Crippen molar-refractivity contribution < 1.29 is 19.0 Å². The van der Waals surface area contributed by atoms with Crippen molar-refractivity contribution in [2.45, 2.75) is 13.8 Å². The second-order valence-corrected chi connectivity index (χ2v) is 3.98. The van der Waals surface area contributed by atoms with Crippen molar-refractivity contribution in [2.24, 2.45) is 5.41 Å². The molecule has 4 nitrogen and oxygen atoms in total. The topological polar surface area (TPSA) is 44.8 Å². The van der Waals surface area contributed by atoms with Crippen LogP contribution in [0.15, 0.2) is 12.2 Å². The minimum atomic E-state index is -0.417. The third-order valence-electron chi connectivity index (χ3n) is 1.97. The van der Waals surface area contributed by atoms with Gasteiger partial charge in [0, 0.05) is 11.0 Å². The van der Waals surface area contributed by atoms with E-state index in [2.05, 4.69) is 13.5 Å². The predicted molar refractivity (Wildman–Crippen MR) is 50.7 cm³/mol. The first-order valence-corrected chi connectivity index (χ1v) is 4.52. The Morgan fingerprint density at radius 3 is 2.64 bits per heavy atom. The number of carbonyl (C=O) groups is 1. The van der Waals surface area contributed by atoms with Crippen molar-refractivity contribution >= 4 is 5.97 Å². The lowest BCUT2D eigenvalue weighted by atomic mass is 9.90. The summed E-state index contributed by atoms with van der Waals surface area (Å²) in [6.45, 7) is 9.09. The molecule has 0 radical (unpaired) electrons. The molecule has 0 unspecified atom stereocenters. The van der Waals surface area contributed by atoms with Gasteiger partial charge in [-0.2, -0.15) is 0 Å². The van der Waals surface area contributed by atoms with Crippen molar-refractivity contribution in [2.75, 3.05) is 26.6 Å². The molecule has 1 heterocycles. The van der Waals surface area contributed by atoms with Gasteiger partial charge in [0.25, 0.3) is 0 Å². The van der Waals surface area contributed by atoms with Crippen molar-refractivity contribution in [3.63, 3.8) is 0 Å². The van der Waals surface area contributed by atoms with Crippen LogP contribution in [0.5, 0.6) is 0 Å². The van der Waals surface area contributed by atoms with Crippen LogP contribution in [0.1, 0.15) is 13.8 Å². The van der Waals surface area contributed by atoms with Gasteiger partial charge in [0.05, 0.1) is 19.8 Å². The zero-order valence-corrected chi connectivity index (χ0v) is 8.67. The van der Waals surface area contributed by atoms with Crippen LogP contribution in [0.25, 0.3) is 0 Å². The molecule has 1 saturated heterocycles. The molecule has 80 valence electrons. The van der Waals surface area contributed by atoms with Gasteiger partial charge in [-0.05, 0) is 6.92 Å². The van der Waals surface area contributed by atoms with E-state index in [9.17, 15) is 4.79 Å². The van der Waals surface area contributed by atoms with Gasteiger partial charge in [-0.1, -0.05) is 13.5 Å². The smallest absolute Gasteiger partial charge is 0.335 e. The van der Waals surface area contributed by atoms with Gasteiger partial charge in [0.15, 0.2) is 6.79 Å². The maximum absolute atomic E-state index is 10.9. The van der Waals surface area contributed by atoms with Gasteiger partial charge >= 0.3 is 5.97 Å². The highest BCUT2D eigenvalue weighted by atomic mass is 16.7. The molecular weight excluding hydrogens is 184 g/mol. The molecule has 14 heavy (non-hydrogen) atoms. The number of rotatable bonds is 5. The first-order valence-electron chi connectivity index (χ1n) is 4.52. The van der Waals surface area contributed by atoms with E-state index < -0.39 is 5.97 Å². The molecular formula is C10H16O4. The molecule has 0 aromatic rings. The van der Waals surface area contributed by atoms with Gasteiger partial charge in [-0.25, -0.2) is 4.79 Å². The summed E-state index contributed by atoms with van der Waals surface area (Å²) in [5.41, 5.74) is 0.474. The highest BCUT2D eigenvalue weighted by Gasteiger charge is 2.33. The third kappa shape index (κ3) is 3.12. The Labute approximate surface area is 83.8 Å². The second kappa shape index (κ2) is 4.57. The van der Waals surface area contributed by atoms with Gasteiger partial charge in [-0.3, -0.25) is 0 Å². The highest BCUT2D eigenvalue weighted by molar-refractivity contribution is 5.86. The van der Waals surface area contributed by atoms with E-state index in [1.54, 1.807) is 6.92 Å². The highest BCUT2D eigenvalue weighted by Crippen LogP contribution is 2.26. The number of carbonyl (C=O) groups excluding carboxylic acids is 1. The maximum atomic E-state index is 10.9. The Hall–Kier alpha value is -0.870. The Bertz CT molecular complexity index is 230. The molecule has 1 fully saturated rings. The van der Waals surface area contributed by atoms with Crippen molar-refractivity contribution in [3.05, 3.63) is 12.2 Å². The molecule has 1 aliphatic heterocycles. The quantitative estimate of drug-likeness (QED) is 0.289. The van der Waals surface area contributed by atoms with E-state index in [1.165, 1.54) is 0 Å². The molecule has 0 N–H and O–H groups in total. The van der Waals surface area contributed by atoms with E-state index >= 15 is 0 Å². The molecule has 0 spiro atoms. The SMILES string of the molecule is C=C(C)C(=O)OCOCC1(C)COC1. The fraction of sp³-hybridized carbons (Fsp3) is 0.700. The Morgan fingerprint density at radius 2 is 2.21 bits per heavy atom. The summed E-state index contributed by atoms with van der Waals surface area (Å²) in [5, 5.41) is 0. The summed E-state index contributed by atoms with van der Waals surface area (Å²) in [6.07, 6.45) is 0. The standard InChI is InChI=1S/C10H16O4/c1-8(2)9(11)14-7-13-6-10(3)4-12-5-10/h1,4-7H2,2-3H3. The monoisotopic (exact) mass is 200 g/mol. The third-order valence-corrected chi connectivity index (χ3v) is 1.97. The Kier molecular flexibility index (Phi) is 3.66. The second-order valence-electron chi connectivity index (χ2n) is 3.98. The molecule has 4 heteroatoms. The predicted octanol–water partition coefficient (Wildman–Crippen LogP) is 1.12. The van der Waals surface area contributed by atoms with Crippen LogP contribution in [-0.4, -0.2) is 32.6 Å². The Morgan fingerprint density at radius 1 is 1.57 bits per heavy atom. The summed E-state index contributed by atoms with van der Waals surface area (Å²) in [7, 11) is 0. The van der Waals surface area contributed by atoms with Gasteiger partial charge in [0.1, 0.15) is 0 Å². The molecule has 0 aromatic heterocycles. The molecule has 1 aliphatic rings. The molecule has 0 aliphatic carbocycles. The van der Waals surface area contributed by atoms with Gasteiger partial charge in [-0.15, -0.1) is 0 Å². The fourth-order valence-electron chi connectivity index (χ4n) is 1.04. The average molecular weight is 200 g/mol. The first-order chi connectivity index (χ1) is 6.53. The van der Waals surface area contributed by atoms with Crippen LogP contribution in [0, 0.1) is 5.41 Å². The summed E-state index contributed by atoms with van der Waals surface area (Å²) in [6, 6.07) is 0. The minimum Gasteiger partial charge on any atom is -0.435 e. The lowest BCUT2D eigenvalue weighted by Crippen LogP contribution is -2.43. The number of hydrogen-bond donors (Lipinski definition) is 0. The van der Waals surface area contributed by atoms with Gasteiger partial charge < -0.3 is 14.2 Å².